The van der Waals surface area contributed by atoms with Crippen molar-refractivity contribution in [3.8, 4) is 0 Å². The summed E-state index contributed by atoms with van der Waals surface area (Å²) in [5.41, 5.74) is 5.22. The van der Waals surface area contributed by atoms with Crippen molar-refractivity contribution in [3.63, 3.8) is 0 Å². The van der Waals surface area contributed by atoms with Crippen LogP contribution in [0.1, 0.15) is 19.4 Å². The van der Waals surface area contributed by atoms with Gasteiger partial charge >= 0.3 is 0 Å². The van der Waals surface area contributed by atoms with E-state index >= 15 is 0 Å². The number of nitrogens with two attached hydrogens (primary N) is 1. The number of ether oxygens (including phenoxy) is 1. The zero-order valence-corrected chi connectivity index (χ0v) is 13.8. The summed E-state index contributed by atoms with van der Waals surface area (Å²) in [6.45, 7) is 3.86. The number of thiocarbonyl (C=S) groups is 1. The van der Waals surface area contributed by atoms with E-state index in [1.165, 1.54) is 23.5 Å². The average molecular weight is 334 g/mol. The summed E-state index contributed by atoms with van der Waals surface area (Å²) < 4.78 is 45.6. The average Bonchev–Trinajstić information content (AvgIpc) is 2.38. The molecule has 118 valence electrons. The SMILES string of the molecule is CCN(C(C)COC)S(=O)(=O)c1cccc(F)c1C(N)=S. The number of rotatable bonds is 7. The highest BCUT2D eigenvalue weighted by Crippen LogP contribution is 2.24. The molecule has 5 nitrogen and oxygen atoms in total. The van der Waals surface area contributed by atoms with Gasteiger partial charge in [-0.2, -0.15) is 4.31 Å². The van der Waals surface area contributed by atoms with E-state index in [1.54, 1.807) is 13.8 Å². The van der Waals surface area contributed by atoms with Crippen molar-refractivity contribution in [2.45, 2.75) is 24.8 Å². The smallest absolute Gasteiger partial charge is 0.244 e. The highest BCUT2D eigenvalue weighted by atomic mass is 32.2. The molecule has 0 fully saturated rings. The van der Waals surface area contributed by atoms with Gasteiger partial charge in [0.25, 0.3) is 0 Å². The van der Waals surface area contributed by atoms with Gasteiger partial charge in [-0.25, -0.2) is 12.8 Å². The first-order chi connectivity index (χ1) is 9.77. The molecule has 0 aromatic heterocycles. The van der Waals surface area contributed by atoms with Crippen LogP contribution in [0.2, 0.25) is 0 Å². The van der Waals surface area contributed by atoms with E-state index in [0.29, 0.717) is 0 Å². The van der Waals surface area contributed by atoms with Crippen LogP contribution in [-0.2, 0) is 14.8 Å². The molecule has 0 aliphatic heterocycles. The molecular weight excluding hydrogens is 315 g/mol. The minimum atomic E-state index is -3.92. The molecule has 1 aromatic rings. The van der Waals surface area contributed by atoms with Crippen molar-refractivity contribution in [1.82, 2.24) is 4.31 Å². The summed E-state index contributed by atoms with van der Waals surface area (Å²) in [4.78, 5) is -0.512. The molecule has 0 saturated carbocycles. The lowest BCUT2D eigenvalue weighted by molar-refractivity contribution is 0.142. The maximum Gasteiger partial charge on any atom is 0.244 e. The van der Waals surface area contributed by atoms with Gasteiger partial charge in [0.05, 0.1) is 17.1 Å². The highest BCUT2D eigenvalue weighted by molar-refractivity contribution is 7.89. The number of methoxy groups -OCH3 is 1. The Balaban J connectivity index is 3.43. The van der Waals surface area contributed by atoms with Crippen LogP contribution in [0.4, 0.5) is 4.39 Å². The minimum absolute atomic E-state index is 0.222. The Labute approximate surface area is 129 Å². The maximum absolute atomic E-state index is 13.9. The first-order valence-corrected chi connectivity index (χ1v) is 8.21. The van der Waals surface area contributed by atoms with Crippen LogP contribution in [0.5, 0.6) is 0 Å². The number of benzene rings is 1. The van der Waals surface area contributed by atoms with E-state index in [2.05, 4.69) is 0 Å². The third-order valence-electron chi connectivity index (χ3n) is 3.02. The zero-order chi connectivity index (χ0) is 16.2. The lowest BCUT2D eigenvalue weighted by Gasteiger charge is -2.27. The first-order valence-electron chi connectivity index (χ1n) is 6.36. The van der Waals surface area contributed by atoms with E-state index in [9.17, 15) is 12.8 Å². The number of hydrogen-bond donors (Lipinski definition) is 1. The molecule has 8 heteroatoms. The van der Waals surface area contributed by atoms with Crippen molar-refractivity contribution in [2.24, 2.45) is 5.73 Å². The second-order valence-corrected chi connectivity index (χ2v) is 6.79. The lowest BCUT2D eigenvalue weighted by atomic mass is 10.2. The maximum atomic E-state index is 13.9. The molecule has 21 heavy (non-hydrogen) atoms. The van der Waals surface area contributed by atoms with Gasteiger partial charge in [-0.05, 0) is 19.1 Å². The van der Waals surface area contributed by atoms with Crippen LogP contribution in [0.25, 0.3) is 0 Å². The molecule has 0 saturated heterocycles. The Hall–Kier alpha value is -1.09. The second-order valence-electron chi connectivity index (χ2n) is 4.49. The molecule has 0 bridgehead atoms. The van der Waals surface area contributed by atoms with Crippen LogP contribution >= 0.6 is 12.2 Å². The van der Waals surface area contributed by atoms with E-state index < -0.39 is 21.9 Å². The molecule has 0 spiro atoms. The minimum Gasteiger partial charge on any atom is -0.389 e. The summed E-state index contributed by atoms with van der Waals surface area (Å²) in [5.74, 6) is -0.751. The first kappa shape index (κ1) is 18.0. The molecule has 0 aliphatic carbocycles. The standard InChI is InChI=1S/C13H19FN2O3S2/c1-4-16(9(2)8-19-3)21(17,18)11-7-5-6-10(14)12(11)13(15)20/h5-7,9H,4,8H2,1-3H3,(H2,15,20). The number of hydrogen-bond acceptors (Lipinski definition) is 4. The third-order valence-corrected chi connectivity index (χ3v) is 5.36. The van der Waals surface area contributed by atoms with Crippen molar-refractivity contribution in [3.05, 3.63) is 29.6 Å². The Morgan fingerprint density at radius 3 is 2.62 bits per heavy atom. The largest absolute Gasteiger partial charge is 0.389 e. The molecule has 1 unspecified atom stereocenters. The molecule has 2 N–H and O–H groups in total. The summed E-state index contributed by atoms with van der Waals surface area (Å²) in [5, 5.41) is 0. The van der Waals surface area contributed by atoms with Crippen LogP contribution in [-0.4, -0.2) is 44.0 Å². The third kappa shape index (κ3) is 3.76. The number of likely N-dealkylation sites (N-methyl/N-ethyl adjacent to an activating group) is 1. The summed E-state index contributed by atoms with van der Waals surface area (Å²) >= 11 is 4.78. The predicted molar refractivity (Wildman–Crippen MR) is 83.2 cm³/mol. The number of sulfonamides is 1. The fourth-order valence-electron chi connectivity index (χ4n) is 2.13. The molecule has 1 atom stereocenters. The van der Waals surface area contributed by atoms with Crippen LogP contribution in [0.3, 0.4) is 0 Å². The number of halogens is 1. The zero-order valence-electron chi connectivity index (χ0n) is 12.2. The molecule has 0 heterocycles. The second kappa shape index (κ2) is 7.26. The van der Waals surface area contributed by atoms with Gasteiger partial charge in [0, 0.05) is 19.7 Å². The Bertz CT molecular complexity index is 620. The Morgan fingerprint density at radius 1 is 1.52 bits per heavy atom. The van der Waals surface area contributed by atoms with Gasteiger partial charge in [0.15, 0.2) is 0 Å². The predicted octanol–water partition coefficient (Wildman–Crippen LogP) is 1.51. The molecule has 0 radical (unpaired) electrons. The van der Waals surface area contributed by atoms with Gasteiger partial charge in [-0.3, -0.25) is 0 Å². The van der Waals surface area contributed by atoms with Crippen LogP contribution in [0.15, 0.2) is 23.1 Å². The van der Waals surface area contributed by atoms with Crippen molar-refractivity contribution in [1.29, 1.82) is 0 Å². The van der Waals surface area contributed by atoms with Crippen molar-refractivity contribution in [2.75, 3.05) is 20.3 Å². The van der Waals surface area contributed by atoms with Crippen LogP contribution in [0, 0.1) is 5.82 Å². The van der Waals surface area contributed by atoms with Gasteiger partial charge in [-0.1, -0.05) is 25.2 Å². The quantitative estimate of drug-likeness (QED) is 0.765. The van der Waals surface area contributed by atoms with Crippen LogP contribution < -0.4 is 5.73 Å². The van der Waals surface area contributed by atoms with Gasteiger partial charge in [0.2, 0.25) is 10.0 Å². The van der Waals surface area contributed by atoms with E-state index in [1.807, 2.05) is 0 Å². The molecule has 1 rings (SSSR count). The fourth-order valence-corrected chi connectivity index (χ4v) is 4.24. The molecule has 1 aromatic carbocycles. The highest BCUT2D eigenvalue weighted by Gasteiger charge is 2.31. The van der Waals surface area contributed by atoms with Gasteiger partial charge in [0.1, 0.15) is 10.8 Å². The topological polar surface area (TPSA) is 72.6 Å². The number of nitrogens with zero attached hydrogens (tertiary/aromatic N) is 1. The Kier molecular flexibility index (Phi) is 6.21. The van der Waals surface area contributed by atoms with E-state index in [-0.39, 0.29) is 28.6 Å². The summed E-state index contributed by atoms with van der Waals surface area (Å²) in [7, 11) is -2.44. The normalized spacial score (nSPS) is 13.4. The monoisotopic (exact) mass is 334 g/mol. The van der Waals surface area contributed by atoms with Crippen molar-refractivity contribution < 1.29 is 17.5 Å². The summed E-state index contributed by atoms with van der Waals surface area (Å²) in [6, 6.07) is 3.35. The Morgan fingerprint density at radius 2 is 2.14 bits per heavy atom. The molecule has 0 amide bonds. The van der Waals surface area contributed by atoms with Crippen molar-refractivity contribution >= 4 is 27.2 Å². The molecule has 0 aliphatic rings. The lowest BCUT2D eigenvalue weighted by Crippen LogP contribution is -2.41. The summed E-state index contributed by atoms with van der Waals surface area (Å²) in [6.07, 6.45) is 0. The molecular formula is C13H19FN2O3S2. The fraction of sp³-hybridized carbons (Fsp3) is 0.462. The van der Waals surface area contributed by atoms with E-state index in [0.717, 1.165) is 6.07 Å². The van der Waals surface area contributed by atoms with Gasteiger partial charge in [-0.15, -0.1) is 0 Å². The van der Waals surface area contributed by atoms with Gasteiger partial charge < -0.3 is 10.5 Å². The van der Waals surface area contributed by atoms with E-state index in [4.69, 9.17) is 22.7 Å².